The number of hydrogen-bond acceptors (Lipinski definition) is 2. The lowest BCUT2D eigenvalue weighted by Crippen LogP contribution is -2.01. The summed E-state index contributed by atoms with van der Waals surface area (Å²) in [6.07, 6.45) is 0. The van der Waals surface area contributed by atoms with E-state index in [-0.39, 0.29) is 5.38 Å². The van der Waals surface area contributed by atoms with E-state index in [4.69, 9.17) is 28.5 Å². The topological polar surface area (TPSA) is 41.6 Å². The Morgan fingerprint density at radius 1 is 1.19 bits per heavy atom. The fourth-order valence-electron chi connectivity index (χ4n) is 2.31. The van der Waals surface area contributed by atoms with E-state index in [0.29, 0.717) is 10.6 Å². The highest BCUT2D eigenvalue weighted by Gasteiger charge is 2.17. The van der Waals surface area contributed by atoms with Gasteiger partial charge in [-0.05, 0) is 43.3 Å². The molecule has 0 radical (unpaired) electrons. The highest BCUT2D eigenvalue weighted by atomic mass is 35.5. The van der Waals surface area contributed by atoms with Crippen LogP contribution in [0.4, 0.5) is 0 Å². The first kappa shape index (κ1) is 13.9. The molecule has 1 unspecified atom stereocenters. The maximum absolute atomic E-state index is 8.90. The quantitative estimate of drug-likeness (QED) is 0.634. The molecule has 0 fully saturated rings. The van der Waals surface area contributed by atoms with Gasteiger partial charge in [0.15, 0.2) is 0 Å². The highest BCUT2D eigenvalue weighted by Crippen LogP contribution is 2.31. The number of para-hydroxylation sites is 1. The molecule has 0 aliphatic rings. The number of hydrogen-bond donors (Lipinski definition) is 0. The summed E-state index contributed by atoms with van der Waals surface area (Å²) < 4.78 is 1.97. The Balaban J connectivity index is 2.31. The maximum atomic E-state index is 8.90. The molecule has 0 spiro atoms. The summed E-state index contributed by atoms with van der Waals surface area (Å²) in [5.74, 6) is 0.726. The third kappa shape index (κ3) is 2.37. The zero-order chi connectivity index (χ0) is 15.0. The van der Waals surface area contributed by atoms with Crippen molar-refractivity contribution in [2.24, 2.45) is 0 Å². The Hall–Kier alpha value is -2.02. The first-order valence-electron chi connectivity index (χ1n) is 6.43. The molecule has 3 rings (SSSR count). The van der Waals surface area contributed by atoms with Crippen LogP contribution >= 0.6 is 23.2 Å². The monoisotopic (exact) mass is 315 g/mol. The van der Waals surface area contributed by atoms with E-state index >= 15 is 0 Å². The van der Waals surface area contributed by atoms with Crippen LogP contribution in [0.25, 0.3) is 16.7 Å². The molecule has 0 saturated heterocycles. The number of fused-ring (bicyclic) bond motifs is 1. The summed E-state index contributed by atoms with van der Waals surface area (Å²) in [4.78, 5) is 4.56. The van der Waals surface area contributed by atoms with Crippen molar-refractivity contribution in [2.75, 3.05) is 0 Å². The van der Waals surface area contributed by atoms with Crippen molar-refractivity contribution >= 4 is 34.2 Å². The van der Waals surface area contributed by atoms with Gasteiger partial charge < -0.3 is 0 Å². The van der Waals surface area contributed by atoms with E-state index in [0.717, 1.165) is 22.5 Å². The van der Waals surface area contributed by atoms with Gasteiger partial charge in [0.2, 0.25) is 0 Å². The van der Waals surface area contributed by atoms with Crippen molar-refractivity contribution in [3.05, 3.63) is 58.9 Å². The second-order valence-electron chi connectivity index (χ2n) is 4.69. The molecule has 3 aromatic rings. The molecule has 5 heteroatoms. The summed E-state index contributed by atoms with van der Waals surface area (Å²) in [6.45, 7) is 1.87. The van der Waals surface area contributed by atoms with E-state index in [9.17, 15) is 0 Å². The molecular formula is C16H11Cl2N3. The highest BCUT2D eigenvalue weighted by molar-refractivity contribution is 6.35. The minimum absolute atomic E-state index is 0.260. The van der Waals surface area contributed by atoms with Gasteiger partial charge in [-0.2, -0.15) is 5.26 Å². The second kappa shape index (κ2) is 5.40. The molecule has 1 atom stereocenters. The fourth-order valence-corrected chi connectivity index (χ4v) is 2.66. The molecule has 21 heavy (non-hydrogen) atoms. The molecule has 0 saturated carbocycles. The first-order valence-corrected chi connectivity index (χ1v) is 7.24. The number of aromatic nitrogens is 2. The van der Waals surface area contributed by atoms with Crippen molar-refractivity contribution < 1.29 is 0 Å². The molecule has 0 bridgehead atoms. The van der Waals surface area contributed by atoms with Crippen LogP contribution in [0, 0.1) is 11.3 Å². The standard InChI is InChI=1S/C16H11Cl2N3/c1-10(17)16-20-15-13(18)3-2-4-14(15)21(16)12-7-5-11(9-19)6-8-12/h2-8,10H,1H3. The van der Waals surface area contributed by atoms with Gasteiger partial charge in [-0.25, -0.2) is 4.98 Å². The summed E-state index contributed by atoms with van der Waals surface area (Å²) in [6, 6.07) is 15.1. The largest absolute Gasteiger partial charge is 0.295 e. The van der Waals surface area contributed by atoms with Gasteiger partial charge in [0.25, 0.3) is 0 Å². The average molecular weight is 316 g/mol. The molecule has 3 nitrogen and oxygen atoms in total. The molecule has 0 N–H and O–H groups in total. The third-order valence-corrected chi connectivity index (χ3v) is 3.77. The summed E-state index contributed by atoms with van der Waals surface area (Å²) >= 11 is 12.5. The minimum atomic E-state index is -0.260. The predicted molar refractivity (Wildman–Crippen MR) is 85.1 cm³/mol. The molecular weight excluding hydrogens is 305 g/mol. The lowest BCUT2D eigenvalue weighted by atomic mass is 10.2. The van der Waals surface area contributed by atoms with E-state index in [1.165, 1.54) is 0 Å². The normalized spacial score (nSPS) is 12.3. The van der Waals surface area contributed by atoms with Crippen LogP contribution in [-0.4, -0.2) is 9.55 Å². The van der Waals surface area contributed by atoms with E-state index < -0.39 is 0 Å². The molecule has 1 aromatic heterocycles. The fraction of sp³-hybridized carbons (Fsp3) is 0.125. The Bertz CT molecular complexity index is 842. The van der Waals surface area contributed by atoms with Crippen LogP contribution in [-0.2, 0) is 0 Å². The van der Waals surface area contributed by atoms with Crippen LogP contribution in [0.5, 0.6) is 0 Å². The molecule has 104 valence electrons. The van der Waals surface area contributed by atoms with Crippen molar-refractivity contribution in [3.8, 4) is 11.8 Å². The number of benzene rings is 2. The lowest BCUT2D eigenvalue weighted by molar-refractivity contribution is 0.882. The Morgan fingerprint density at radius 2 is 1.90 bits per heavy atom. The first-order chi connectivity index (χ1) is 10.1. The lowest BCUT2D eigenvalue weighted by Gasteiger charge is -2.10. The SMILES string of the molecule is CC(Cl)c1nc2c(Cl)cccc2n1-c1ccc(C#N)cc1. The zero-order valence-corrected chi connectivity index (χ0v) is 12.7. The second-order valence-corrected chi connectivity index (χ2v) is 5.75. The molecule has 0 amide bonds. The van der Waals surface area contributed by atoms with E-state index in [1.54, 1.807) is 12.1 Å². The van der Waals surface area contributed by atoms with Gasteiger partial charge in [0, 0.05) is 5.69 Å². The van der Waals surface area contributed by atoms with Crippen molar-refractivity contribution in [1.82, 2.24) is 9.55 Å². The van der Waals surface area contributed by atoms with Gasteiger partial charge >= 0.3 is 0 Å². The molecule has 0 aliphatic carbocycles. The van der Waals surface area contributed by atoms with Crippen LogP contribution < -0.4 is 0 Å². The van der Waals surface area contributed by atoms with Gasteiger partial charge in [0.1, 0.15) is 11.3 Å². The van der Waals surface area contributed by atoms with Crippen LogP contribution in [0.3, 0.4) is 0 Å². The van der Waals surface area contributed by atoms with Crippen LogP contribution in [0.2, 0.25) is 5.02 Å². The van der Waals surface area contributed by atoms with Crippen LogP contribution in [0.15, 0.2) is 42.5 Å². The van der Waals surface area contributed by atoms with Gasteiger partial charge in [-0.3, -0.25) is 4.57 Å². The van der Waals surface area contributed by atoms with Crippen molar-refractivity contribution in [1.29, 1.82) is 5.26 Å². The zero-order valence-electron chi connectivity index (χ0n) is 11.2. The summed E-state index contributed by atoms with van der Waals surface area (Å²) in [5, 5.41) is 9.24. The number of rotatable bonds is 2. The van der Waals surface area contributed by atoms with Crippen LogP contribution in [0.1, 0.15) is 23.7 Å². The average Bonchev–Trinajstić information content (AvgIpc) is 2.88. The number of halogens is 2. The Kier molecular flexibility index (Phi) is 3.59. The van der Waals surface area contributed by atoms with Gasteiger partial charge in [-0.1, -0.05) is 17.7 Å². The van der Waals surface area contributed by atoms with E-state index in [1.807, 2.05) is 41.8 Å². The summed E-state index contributed by atoms with van der Waals surface area (Å²) in [5.41, 5.74) is 3.14. The smallest absolute Gasteiger partial charge is 0.132 e. The summed E-state index contributed by atoms with van der Waals surface area (Å²) in [7, 11) is 0. The maximum Gasteiger partial charge on any atom is 0.132 e. The van der Waals surface area contributed by atoms with Gasteiger partial charge in [-0.15, -0.1) is 11.6 Å². The predicted octanol–water partition coefficient (Wildman–Crippen LogP) is 4.85. The van der Waals surface area contributed by atoms with E-state index in [2.05, 4.69) is 11.1 Å². The number of imidazole rings is 1. The number of nitriles is 1. The minimum Gasteiger partial charge on any atom is -0.295 e. The number of nitrogens with zero attached hydrogens (tertiary/aromatic N) is 3. The number of alkyl halides is 1. The Labute approximate surface area is 132 Å². The molecule has 2 aromatic carbocycles. The Morgan fingerprint density at radius 3 is 2.52 bits per heavy atom. The van der Waals surface area contributed by atoms with Gasteiger partial charge in [0.05, 0.1) is 27.5 Å². The van der Waals surface area contributed by atoms with Crippen molar-refractivity contribution in [3.63, 3.8) is 0 Å². The van der Waals surface area contributed by atoms with Crippen molar-refractivity contribution in [2.45, 2.75) is 12.3 Å². The molecule has 0 aliphatic heterocycles. The molecule has 1 heterocycles. The third-order valence-electron chi connectivity index (χ3n) is 3.27.